The van der Waals surface area contributed by atoms with E-state index >= 15 is 0 Å². The molecule has 132 valence electrons. The number of rotatable bonds is 7. The summed E-state index contributed by atoms with van der Waals surface area (Å²) < 4.78 is 36.9. The maximum absolute atomic E-state index is 12.7. The van der Waals surface area contributed by atoms with Crippen molar-refractivity contribution in [1.82, 2.24) is 14.7 Å². The minimum absolute atomic E-state index is 0.318. The lowest BCUT2D eigenvalue weighted by molar-refractivity contribution is -0.135. The molecule has 0 bridgehead atoms. The standard InChI is InChI=1S/C16H15F2N3O3S/c1-22-13-7-10(19-8-14(13)23-2)9-25-16-20-11-5-3-4-6-12(11)21(16)24-15(17)18/h3-8,15H,9H2,1-2H3. The molecule has 0 atom stereocenters. The average molecular weight is 367 g/mol. The number of hydrogen-bond donors (Lipinski definition) is 0. The largest absolute Gasteiger partial charge is 0.493 e. The number of imidazole rings is 1. The predicted octanol–water partition coefficient (Wildman–Crippen LogP) is 3.39. The predicted molar refractivity (Wildman–Crippen MR) is 89.2 cm³/mol. The molecule has 0 unspecified atom stereocenters. The molecule has 2 heterocycles. The number of ether oxygens (including phenoxy) is 2. The Kier molecular flexibility index (Phi) is 5.22. The first-order valence-corrected chi connectivity index (χ1v) is 8.23. The van der Waals surface area contributed by atoms with Crippen molar-refractivity contribution in [3.05, 3.63) is 42.2 Å². The van der Waals surface area contributed by atoms with E-state index in [1.807, 2.05) is 0 Å². The Labute approximate surface area is 146 Å². The third kappa shape index (κ3) is 3.76. The van der Waals surface area contributed by atoms with Crippen LogP contribution >= 0.6 is 11.8 Å². The molecule has 0 amide bonds. The number of hydrogen-bond acceptors (Lipinski definition) is 6. The van der Waals surface area contributed by atoms with Crippen molar-refractivity contribution in [2.45, 2.75) is 17.5 Å². The zero-order valence-electron chi connectivity index (χ0n) is 13.5. The van der Waals surface area contributed by atoms with Crippen LogP contribution in [-0.4, -0.2) is 35.5 Å². The molecule has 0 fully saturated rings. The molecule has 9 heteroatoms. The van der Waals surface area contributed by atoms with Gasteiger partial charge in [-0.2, -0.15) is 13.5 Å². The molecule has 0 aliphatic heterocycles. The molecule has 0 aliphatic rings. The lowest BCUT2D eigenvalue weighted by atomic mass is 10.3. The van der Waals surface area contributed by atoms with Gasteiger partial charge in [-0.05, 0) is 12.1 Å². The van der Waals surface area contributed by atoms with Gasteiger partial charge in [-0.15, -0.1) is 0 Å². The second-order valence-electron chi connectivity index (χ2n) is 4.86. The normalized spacial score (nSPS) is 11.1. The Morgan fingerprint density at radius 1 is 1.16 bits per heavy atom. The molecule has 0 radical (unpaired) electrons. The van der Waals surface area contributed by atoms with Crippen LogP contribution in [0.2, 0.25) is 0 Å². The lowest BCUT2D eigenvalue weighted by Crippen LogP contribution is -2.17. The highest BCUT2D eigenvalue weighted by atomic mass is 32.2. The summed E-state index contributed by atoms with van der Waals surface area (Å²) in [5.74, 6) is 1.46. The summed E-state index contributed by atoms with van der Waals surface area (Å²) in [6.07, 6.45) is 1.55. The van der Waals surface area contributed by atoms with Crippen LogP contribution in [0.5, 0.6) is 11.5 Å². The number of methoxy groups -OCH3 is 2. The smallest absolute Gasteiger partial charge is 0.405 e. The van der Waals surface area contributed by atoms with E-state index < -0.39 is 6.61 Å². The second-order valence-corrected chi connectivity index (χ2v) is 5.81. The highest BCUT2D eigenvalue weighted by molar-refractivity contribution is 7.98. The van der Waals surface area contributed by atoms with E-state index in [-0.39, 0.29) is 0 Å². The first-order valence-electron chi connectivity index (χ1n) is 7.25. The van der Waals surface area contributed by atoms with E-state index in [4.69, 9.17) is 9.47 Å². The molecule has 0 spiro atoms. The Hall–Kier alpha value is -2.55. The van der Waals surface area contributed by atoms with Gasteiger partial charge >= 0.3 is 6.61 Å². The Morgan fingerprint density at radius 3 is 2.64 bits per heavy atom. The highest BCUT2D eigenvalue weighted by Crippen LogP contribution is 2.30. The summed E-state index contributed by atoms with van der Waals surface area (Å²) in [5.41, 5.74) is 1.75. The van der Waals surface area contributed by atoms with Crippen LogP contribution in [0.3, 0.4) is 0 Å². The van der Waals surface area contributed by atoms with Crippen molar-refractivity contribution >= 4 is 22.8 Å². The van der Waals surface area contributed by atoms with Gasteiger partial charge in [0.05, 0.1) is 31.6 Å². The molecule has 6 nitrogen and oxygen atoms in total. The number of pyridine rings is 1. The average Bonchev–Trinajstić information content (AvgIpc) is 2.96. The molecular weight excluding hydrogens is 352 g/mol. The molecule has 0 saturated carbocycles. The summed E-state index contributed by atoms with van der Waals surface area (Å²) in [6.45, 7) is -2.95. The van der Waals surface area contributed by atoms with Gasteiger partial charge in [0.15, 0.2) is 11.5 Å². The van der Waals surface area contributed by atoms with Gasteiger partial charge in [0.2, 0.25) is 5.16 Å². The SMILES string of the molecule is COc1cnc(CSc2nc3ccccc3n2OC(F)F)cc1OC. The minimum Gasteiger partial charge on any atom is -0.493 e. The monoisotopic (exact) mass is 367 g/mol. The second kappa shape index (κ2) is 7.56. The number of alkyl halides is 2. The van der Waals surface area contributed by atoms with E-state index in [0.717, 1.165) is 4.73 Å². The molecular formula is C16H15F2N3O3S. The summed E-state index contributed by atoms with van der Waals surface area (Å²) in [6, 6.07) is 8.65. The zero-order chi connectivity index (χ0) is 17.8. The molecule has 0 aliphatic carbocycles. The Balaban J connectivity index is 1.85. The minimum atomic E-state index is -2.95. The quantitative estimate of drug-likeness (QED) is 0.597. The van der Waals surface area contributed by atoms with Gasteiger partial charge in [0, 0.05) is 11.8 Å². The van der Waals surface area contributed by atoms with Crippen LogP contribution in [0.25, 0.3) is 11.0 Å². The fourth-order valence-electron chi connectivity index (χ4n) is 2.25. The summed E-state index contributed by atoms with van der Waals surface area (Å²) in [7, 11) is 3.06. The van der Waals surface area contributed by atoms with E-state index in [1.54, 1.807) is 36.5 Å². The maximum atomic E-state index is 12.7. The van der Waals surface area contributed by atoms with Crippen LogP contribution in [0, 0.1) is 0 Å². The number of halogens is 2. The molecule has 0 N–H and O–H groups in total. The van der Waals surface area contributed by atoms with E-state index in [2.05, 4.69) is 14.8 Å². The summed E-state index contributed by atoms with van der Waals surface area (Å²) in [5, 5.41) is 0.318. The van der Waals surface area contributed by atoms with Crippen molar-refractivity contribution in [1.29, 1.82) is 0 Å². The first-order chi connectivity index (χ1) is 12.1. The van der Waals surface area contributed by atoms with Gasteiger partial charge in [0.25, 0.3) is 0 Å². The van der Waals surface area contributed by atoms with E-state index in [0.29, 0.717) is 39.1 Å². The molecule has 3 aromatic rings. The number of benzene rings is 1. The number of fused-ring (bicyclic) bond motifs is 1. The number of aromatic nitrogens is 3. The zero-order valence-corrected chi connectivity index (χ0v) is 14.3. The summed E-state index contributed by atoms with van der Waals surface area (Å²) >= 11 is 1.24. The van der Waals surface area contributed by atoms with Crippen LogP contribution in [0.4, 0.5) is 8.78 Å². The molecule has 0 saturated heterocycles. The van der Waals surface area contributed by atoms with Gasteiger partial charge in [-0.3, -0.25) is 4.98 Å². The van der Waals surface area contributed by atoms with Gasteiger partial charge in [0.1, 0.15) is 5.52 Å². The molecule has 25 heavy (non-hydrogen) atoms. The third-order valence-corrected chi connectivity index (χ3v) is 4.31. The van der Waals surface area contributed by atoms with Gasteiger partial charge in [-0.1, -0.05) is 23.9 Å². The van der Waals surface area contributed by atoms with E-state index in [9.17, 15) is 8.78 Å². The van der Waals surface area contributed by atoms with Crippen molar-refractivity contribution < 1.29 is 23.1 Å². The van der Waals surface area contributed by atoms with Crippen molar-refractivity contribution in [2.24, 2.45) is 0 Å². The first kappa shape index (κ1) is 17.3. The Bertz CT molecular complexity index is 873. The van der Waals surface area contributed by atoms with E-state index in [1.165, 1.54) is 26.0 Å². The van der Waals surface area contributed by atoms with Crippen molar-refractivity contribution in [3.8, 4) is 11.5 Å². The number of nitrogens with zero attached hydrogens (tertiary/aromatic N) is 3. The topological polar surface area (TPSA) is 58.4 Å². The third-order valence-electron chi connectivity index (χ3n) is 3.35. The van der Waals surface area contributed by atoms with Gasteiger partial charge < -0.3 is 14.3 Å². The summed E-state index contributed by atoms with van der Waals surface area (Å²) in [4.78, 5) is 13.2. The molecule has 1 aromatic carbocycles. The fraction of sp³-hybridized carbons (Fsp3) is 0.250. The number of thioether (sulfide) groups is 1. The molecule has 3 rings (SSSR count). The molecule has 2 aromatic heterocycles. The fourth-order valence-corrected chi connectivity index (χ4v) is 3.11. The number of para-hydroxylation sites is 2. The van der Waals surface area contributed by atoms with Crippen LogP contribution < -0.4 is 14.3 Å². The lowest BCUT2D eigenvalue weighted by Gasteiger charge is -2.10. The van der Waals surface area contributed by atoms with Crippen molar-refractivity contribution in [3.63, 3.8) is 0 Å². The van der Waals surface area contributed by atoms with Gasteiger partial charge in [-0.25, -0.2) is 4.98 Å². The van der Waals surface area contributed by atoms with Crippen molar-refractivity contribution in [2.75, 3.05) is 14.2 Å². The van der Waals surface area contributed by atoms with Crippen LogP contribution in [0.15, 0.2) is 41.7 Å². The van der Waals surface area contributed by atoms with Crippen LogP contribution in [-0.2, 0) is 5.75 Å². The maximum Gasteiger partial charge on any atom is 0.405 e. The highest BCUT2D eigenvalue weighted by Gasteiger charge is 2.16. The van der Waals surface area contributed by atoms with Crippen LogP contribution in [0.1, 0.15) is 5.69 Å². The Morgan fingerprint density at radius 2 is 1.92 bits per heavy atom.